The van der Waals surface area contributed by atoms with Crippen molar-refractivity contribution in [2.75, 3.05) is 11.9 Å². The van der Waals surface area contributed by atoms with E-state index in [0.717, 1.165) is 62.3 Å². The molecule has 2 amide bonds. The first-order chi connectivity index (χ1) is 13.7. The second-order valence-corrected chi connectivity index (χ2v) is 7.56. The van der Waals surface area contributed by atoms with E-state index >= 15 is 0 Å². The molecule has 0 bridgehead atoms. The van der Waals surface area contributed by atoms with Crippen molar-refractivity contribution in [2.24, 2.45) is 0 Å². The number of nitrogens with one attached hydrogen (secondary N) is 1. The summed E-state index contributed by atoms with van der Waals surface area (Å²) in [6.07, 6.45) is 6.85. The highest BCUT2D eigenvalue weighted by Crippen LogP contribution is 2.32. The number of amides is 2. The molecule has 7 nitrogen and oxygen atoms in total. The zero-order valence-corrected chi connectivity index (χ0v) is 16.4. The fraction of sp³-hybridized carbons (Fsp3) is 0.524. The molecule has 0 spiro atoms. The summed E-state index contributed by atoms with van der Waals surface area (Å²) in [4.78, 5) is 27.3. The lowest BCUT2D eigenvalue weighted by molar-refractivity contribution is -0.143. The minimum atomic E-state index is -0.580. The van der Waals surface area contributed by atoms with Crippen LogP contribution in [0, 0.1) is 0 Å². The smallest absolute Gasteiger partial charge is 0.313 e. The number of para-hydroxylation sites is 1. The molecule has 0 radical (unpaired) electrons. The van der Waals surface area contributed by atoms with E-state index in [4.69, 9.17) is 0 Å². The molecule has 1 unspecified atom stereocenters. The molecule has 3 heterocycles. The van der Waals surface area contributed by atoms with Gasteiger partial charge in [-0.3, -0.25) is 9.59 Å². The summed E-state index contributed by atoms with van der Waals surface area (Å²) in [6.45, 7) is 3.50. The van der Waals surface area contributed by atoms with Gasteiger partial charge in [0, 0.05) is 25.2 Å². The Hall–Kier alpha value is -2.70. The Bertz CT molecular complexity index is 875. The monoisotopic (exact) mass is 381 g/mol. The predicted octanol–water partition coefficient (Wildman–Crippen LogP) is 2.87. The number of rotatable bonds is 3. The molecule has 0 saturated carbocycles. The summed E-state index contributed by atoms with van der Waals surface area (Å²) < 4.78 is 2.17. The maximum atomic E-state index is 12.9. The maximum Gasteiger partial charge on any atom is 0.313 e. The molecule has 28 heavy (non-hydrogen) atoms. The van der Waals surface area contributed by atoms with Gasteiger partial charge >= 0.3 is 11.8 Å². The van der Waals surface area contributed by atoms with Crippen molar-refractivity contribution < 1.29 is 9.59 Å². The van der Waals surface area contributed by atoms with Crippen LogP contribution < -0.4 is 5.32 Å². The van der Waals surface area contributed by atoms with Crippen LogP contribution in [-0.2, 0) is 29.0 Å². The van der Waals surface area contributed by atoms with Gasteiger partial charge in [0.05, 0.1) is 6.04 Å². The van der Waals surface area contributed by atoms with Gasteiger partial charge in [-0.05, 0) is 43.7 Å². The number of carbonyl (C=O) groups excluding carboxylic acids is 2. The topological polar surface area (TPSA) is 80.1 Å². The number of carbonyl (C=O) groups is 2. The summed E-state index contributed by atoms with van der Waals surface area (Å²) in [7, 11) is 0. The van der Waals surface area contributed by atoms with Crippen molar-refractivity contribution >= 4 is 17.5 Å². The Labute approximate surface area is 165 Å². The summed E-state index contributed by atoms with van der Waals surface area (Å²) in [5.74, 6) is 0.778. The van der Waals surface area contributed by atoms with E-state index in [2.05, 4.69) is 20.1 Å². The number of nitrogens with zero attached hydrogens (tertiary/aromatic N) is 4. The largest absolute Gasteiger partial charge is 0.324 e. The van der Waals surface area contributed by atoms with Gasteiger partial charge in [0.2, 0.25) is 0 Å². The molecule has 2 aromatic rings. The SMILES string of the molecule is CCc1ccccc1NC(=O)C(=O)N1CCCC1c1nnc2n1CCCCC2. The third-order valence-electron chi connectivity index (χ3n) is 5.79. The van der Waals surface area contributed by atoms with E-state index in [9.17, 15) is 9.59 Å². The number of benzene rings is 1. The number of hydrogen-bond acceptors (Lipinski definition) is 4. The number of aromatic nitrogens is 3. The third kappa shape index (κ3) is 3.53. The second kappa shape index (κ2) is 8.12. The van der Waals surface area contributed by atoms with Gasteiger partial charge in [0.25, 0.3) is 0 Å². The molecule has 148 valence electrons. The second-order valence-electron chi connectivity index (χ2n) is 7.56. The highest BCUT2D eigenvalue weighted by Gasteiger charge is 2.37. The van der Waals surface area contributed by atoms with Crippen molar-refractivity contribution in [1.82, 2.24) is 19.7 Å². The molecule has 7 heteroatoms. The summed E-state index contributed by atoms with van der Waals surface area (Å²) in [5, 5.41) is 11.6. The lowest BCUT2D eigenvalue weighted by atomic mass is 10.1. The van der Waals surface area contributed by atoms with Gasteiger partial charge < -0.3 is 14.8 Å². The van der Waals surface area contributed by atoms with Crippen LogP contribution in [0.25, 0.3) is 0 Å². The van der Waals surface area contributed by atoms with Crippen molar-refractivity contribution in [2.45, 2.75) is 64.5 Å². The van der Waals surface area contributed by atoms with Gasteiger partial charge in [-0.25, -0.2) is 0 Å². The van der Waals surface area contributed by atoms with Crippen LogP contribution in [0.2, 0.25) is 0 Å². The molecule has 1 N–H and O–H groups in total. The van der Waals surface area contributed by atoms with Crippen LogP contribution in [0.15, 0.2) is 24.3 Å². The molecule has 1 fully saturated rings. The van der Waals surface area contributed by atoms with Crippen LogP contribution in [0.1, 0.15) is 62.3 Å². The summed E-state index contributed by atoms with van der Waals surface area (Å²) in [5.41, 5.74) is 1.72. The zero-order valence-electron chi connectivity index (χ0n) is 16.4. The van der Waals surface area contributed by atoms with Gasteiger partial charge in [0.1, 0.15) is 5.82 Å². The number of aryl methyl sites for hydroxylation is 2. The molecule has 1 atom stereocenters. The van der Waals surface area contributed by atoms with Gasteiger partial charge in [-0.2, -0.15) is 0 Å². The zero-order chi connectivity index (χ0) is 19.5. The number of fused-ring (bicyclic) bond motifs is 1. The Kier molecular flexibility index (Phi) is 5.41. The first-order valence-electron chi connectivity index (χ1n) is 10.3. The minimum Gasteiger partial charge on any atom is -0.324 e. The lowest BCUT2D eigenvalue weighted by Gasteiger charge is -2.24. The Balaban J connectivity index is 1.52. The quantitative estimate of drug-likeness (QED) is 0.829. The molecule has 2 aliphatic heterocycles. The van der Waals surface area contributed by atoms with Crippen molar-refractivity contribution in [1.29, 1.82) is 0 Å². The molecular weight excluding hydrogens is 354 g/mol. The van der Waals surface area contributed by atoms with Crippen LogP contribution in [0.5, 0.6) is 0 Å². The Morgan fingerprint density at radius 1 is 1.11 bits per heavy atom. The number of likely N-dealkylation sites (tertiary alicyclic amines) is 1. The Morgan fingerprint density at radius 2 is 1.96 bits per heavy atom. The highest BCUT2D eigenvalue weighted by molar-refractivity contribution is 6.39. The first-order valence-corrected chi connectivity index (χ1v) is 10.3. The third-order valence-corrected chi connectivity index (χ3v) is 5.79. The average molecular weight is 381 g/mol. The van der Waals surface area contributed by atoms with Gasteiger partial charge in [0.15, 0.2) is 5.82 Å². The normalized spacial score (nSPS) is 19.2. The maximum absolute atomic E-state index is 12.9. The van der Waals surface area contributed by atoms with Crippen molar-refractivity contribution in [3.8, 4) is 0 Å². The van der Waals surface area contributed by atoms with Crippen LogP contribution >= 0.6 is 0 Å². The van der Waals surface area contributed by atoms with Crippen LogP contribution in [-0.4, -0.2) is 38.0 Å². The molecule has 0 aliphatic carbocycles. The Morgan fingerprint density at radius 3 is 2.82 bits per heavy atom. The van der Waals surface area contributed by atoms with Crippen molar-refractivity contribution in [3.05, 3.63) is 41.5 Å². The van der Waals surface area contributed by atoms with E-state index in [1.54, 1.807) is 4.90 Å². The molecule has 1 aromatic heterocycles. The fourth-order valence-electron chi connectivity index (χ4n) is 4.29. The van der Waals surface area contributed by atoms with E-state index in [1.165, 1.54) is 6.42 Å². The van der Waals surface area contributed by atoms with E-state index in [1.807, 2.05) is 31.2 Å². The minimum absolute atomic E-state index is 0.168. The van der Waals surface area contributed by atoms with Crippen LogP contribution in [0.4, 0.5) is 5.69 Å². The van der Waals surface area contributed by atoms with E-state index < -0.39 is 11.8 Å². The van der Waals surface area contributed by atoms with E-state index in [-0.39, 0.29) is 6.04 Å². The molecule has 1 saturated heterocycles. The molecule has 2 aliphatic rings. The van der Waals surface area contributed by atoms with Gasteiger partial charge in [-0.15, -0.1) is 10.2 Å². The first kappa shape index (κ1) is 18.7. The number of anilines is 1. The van der Waals surface area contributed by atoms with Gasteiger partial charge in [-0.1, -0.05) is 31.5 Å². The molecule has 1 aromatic carbocycles. The molecule has 4 rings (SSSR count). The number of hydrogen-bond donors (Lipinski definition) is 1. The van der Waals surface area contributed by atoms with Crippen molar-refractivity contribution in [3.63, 3.8) is 0 Å². The van der Waals surface area contributed by atoms with E-state index in [0.29, 0.717) is 12.2 Å². The molecular formula is C21H27N5O2. The van der Waals surface area contributed by atoms with Crippen LogP contribution in [0.3, 0.4) is 0 Å². The average Bonchev–Trinajstić information content (AvgIpc) is 3.28. The fourth-order valence-corrected chi connectivity index (χ4v) is 4.29. The highest BCUT2D eigenvalue weighted by atomic mass is 16.2. The summed E-state index contributed by atoms with van der Waals surface area (Å²) >= 11 is 0. The summed E-state index contributed by atoms with van der Waals surface area (Å²) in [6, 6.07) is 7.43. The predicted molar refractivity (Wildman–Crippen MR) is 106 cm³/mol. The lowest BCUT2D eigenvalue weighted by Crippen LogP contribution is -2.40. The standard InChI is InChI=1S/C21H27N5O2/c1-2-15-9-5-6-10-16(15)22-20(27)21(28)25-14-8-11-17(25)19-24-23-18-12-4-3-7-13-26(18)19/h5-6,9-10,17H,2-4,7-8,11-14H2,1H3,(H,22,27).